The highest BCUT2D eigenvalue weighted by Crippen LogP contribution is 2.30. The number of hydrogen-bond donors (Lipinski definition) is 2. The zero-order valence-corrected chi connectivity index (χ0v) is 16.1. The second-order valence-corrected chi connectivity index (χ2v) is 7.05. The summed E-state index contributed by atoms with van der Waals surface area (Å²) >= 11 is 5.85. The van der Waals surface area contributed by atoms with E-state index in [9.17, 15) is 14.4 Å². The van der Waals surface area contributed by atoms with Crippen molar-refractivity contribution < 1.29 is 23.9 Å². The molecular formula is C20H18ClN3O5. The molecular weight excluding hydrogens is 398 g/mol. The molecule has 150 valence electrons. The van der Waals surface area contributed by atoms with Crippen LogP contribution < -0.4 is 25.2 Å². The largest absolute Gasteiger partial charge is 0.490 e. The molecule has 1 saturated heterocycles. The quantitative estimate of drug-likeness (QED) is 0.586. The molecule has 4 rings (SSSR count). The normalized spacial score (nSPS) is 18.5. The fraction of sp³-hybridized carbons (Fsp3) is 0.250. The van der Waals surface area contributed by atoms with Crippen molar-refractivity contribution in [3.63, 3.8) is 0 Å². The first kappa shape index (κ1) is 19.2. The summed E-state index contributed by atoms with van der Waals surface area (Å²) < 4.78 is 11.1. The zero-order chi connectivity index (χ0) is 20.4. The summed E-state index contributed by atoms with van der Waals surface area (Å²) in [5.41, 5.74) is 5.92. The van der Waals surface area contributed by atoms with Gasteiger partial charge in [0.25, 0.3) is 11.8 Å². The monoisotopic (exact) mass is 415 g/mol. The number of halogens is 1. The summed E-state index contributed by atoms with van der Waals surface area (Å²) in [4.78, 5) is 38.4. The lowest BCUT2D eigenvalue weighted by Crippen LogP contribution is -2.48. The minimum Gasteiger partial charge on any atom is -0.490 e. The van der Waals surface area contributed by atoms with Crippen molar-refractivity contribution >= 4 is 35.0 Å². The van der Waals surface area contributed by atoms with Crippen LogP contribution in [-0.2, 0) is 9.59 Å². The predicted molar refractivity (Wildman–Crippen MR) is 105 cm³/mol. The molecule has 0 saturated carbocycles. The maximum Gasteiger partial charge on any atom is 0.265 e. The second kappa shape index (κ2) is 8.10. The van der Waals surface area contributed by atoms with Gasteiger partial charge in [0.15, 0.2) is 11.5 Å². The molecule has 0 spiro atoms. The van der Waals surface area contributed by atoms with Crippen molar-refractivity contribution in [1.82, 2.24) is 10.9 Å². The van der Waals surface area contributed by atoms with E-state index >= 15 is 0 Å². The van der Waals surface area contributed by atoms with Crippen molar-refractivity contribution in [2.75, 3.05) is 18.1 Å². The van der Waals surface area contributed by atoms with Gasteiger partial charge in [-0.15, -0.1) is 0 Å². The number of fused-ring (bicyclic) bond motifs is 1. The number of hydrazine groups is 1. The molecule has 9 heteroatoms. The fourth-order valence-corrected chi connectivity index (χ4v) is 3.26. The van der Waals surface area contributed by atoms with Gasteiger partial charge in [-0.05, 0) is 42.5 Å². The summed E-state index contributed by atoms with van der Waals surface area (Å²) in [5.74, 6) is -0.180. The standard InChI is InChI=1S/C20H18ClN3O5/c21-13-3-5-14(6-4-13)24-18(25)11-15(20(24)27)22-23-19(26)12-2-7-16-17(10-12)29-9-1-8-28-16/h2-7,10,15,22H,1,8-9,11H2,(H,23,26). The summed E-state index contributed by atoms with van der Waals surface area (Å²) in [5, 5.41) is 0.505. The Morgan fingerprint density at radius 2 is 1.76 bits per heavy atom. The van der Waals surface area contributed by atoms with Crippen molar-refractivity contribution in [3.8, 4) is 11.5 Å². The highest BCUT2D eigenvalue weighted by molar-refractivity contribution is 6.30. The number of imide groups is 1. The maximum absolute atomic E-state index is 12.6. The minimum absolute atomic E-state index is 0.0666. The fourth-order valence-electron chi connectivity index (χ4n) is 3.14. The number of benzene rings is 2. The lowest BCUT2D eigenvalue weighted by atomic mass is 10.2. The molecule has 1 fully saturated rings. The van der Waals surface area contributed by atoms with Crippen molar-refractivity contribution in [3.05, 3.63) is 53.1 Å². The number of ether oxygens (including phenoxy) is 2. The first-order valence-electron chi connectivity index (χ1n) is 9.11. The van der Waals surface area contributed by atoms with Crippen LogP contribution in [-0.4, -0.2) is 37.0 Å². The first-order valence-corrected chi connectivity index (χ1v) is 9.48. The summed E-state index contributed by atoms with van der Waals surface area (Å²) in [7, 11) is 0. The number of carbonyl (C=O) groups is 3. The van der Waals surface area contributed by atoms with Crippen LogP contribution in [0.3, 0.4) is 0 Å². The third-order valence-corrected chi connectivity index (χ3v) is 4.85. The van der Waals surface area contributed by atoms with Crippen LogP contribution in [0.1, 0.15) is 23.2 Å². The molecule has 2 aliphatic heterocycles. The maximum atomic E-state index is 12.6. The number of carbonyl (C=O) groups excluding carboxylic acids is 3. The zero-order valence-electron chi connectivity index (χ0n) is 15.3. The van der Waals surface area contributed by atoms with Gasteiger partial charge in [0.05, 0.1) is 25.3 Å². The Balaban J connectivity index is 1.41. The van der Waals surface area contributed by atoms with Gasteiger partial charge < -0.3 is 9.47 Å². The Bertz CT molecular complexity index is 963. The minimum atomic E-state index is -0.859. The lowest BCUT2D eigenvalue weighted by Gasteiger charge is -2.16. The number of anilines is 1. The smallest absolute Gasteiger partial charge is 0.265 e. The van der Waals surface area contributed by atoms with E-state index in [1.165, 1.54) is 0 Å². The molecule has 2 heterocycles. The molecule has 29 heavy (non-hydrogen) atoms. The average Bonchev–Trinajstić information content (AvgIpc) is 2.87. The van der Waals surface area contributed by atoms with Gasteiger partial charge in [-0.2, -0.15) is 0 Å². The molecule has 2 N–H and O–H groups in total. The van der Waals surface area contributed by atoms with E-state index in [-0.39, 0.29) is 12.3 Å². The third kappa shape index (κ3) is 4.03. The van der Waals surface area contributed by atoms with E-state index in [1.54, 1.807) is 42.5 Å². The molecule has 1 atom stereocenters. The summed E-state index contributed by atoms with van der Waals surface area (Å²) in [6.07, 6.45) is 0.697. The Labute approximate surface area is 171 Å². The molecule has 2 aromatic carbocycles. The van der Waals surface area contributed by atoms with Crippen LogP contribution in [0.15, 0.2) is 42.5 Å². The van der Waals surface area contributed by atoms with Crippen LogP contribution >= 0.6 is 11.6 Å². The summed E-state index contributed by atoms with van der Waals surface area (Å²) in [6.45, 7) is 1.07. The summed E-state index contributed by atoms with van der Waals surface area (Å²) in [6, 6.07) is 10.4. The predicted octanol–water partition coefficient (Wildman–Crippen LogP) is 2.07. The molecule has 0 aromatic heterocycles. The van der Waals surface area contributed by atoms with Crippen LogP contribution in [0.25, 0.3) is 0 Å². The van der Waals surface area contributed by atoms with Gasteiger partial charge in [0.2, 0.25) is 5.91 Å². The Morgan fingerprint density at radius 1 is 1.03 bits per heavy atom. The number of hydrogen-bond acceptors (Lipinski definition) is 6. The van der Waals surface area contributed by atoms with Gasteiger partial charge in [0.1, 0.15) is 6.04 Å². The highest BCUT2D eigenvalue weighted by Gasteiger charge is 2.39. The van der Waals surface area contributed by atoms with E-state index < -0.39 is 17.9 Å². The van der Waals surface area contributed by atoms with E-state index in [0.717, 1.165) is 11.3 Å². The second-order valence-electron chi connectivity index (χ2n) is 6.61. The topological polar surface area (TPSA) is 97.0 Å². The number of nitrogens with one attached hydrogen (secondary N) is 2. The van der Waals surface area contributed by atoms with Crippen molar-refractivity contribution in [2.24, 2.45) is 0 Å². The van der Waals surface area contributed by atoms with Crippen molar-refractivity contribution in [1.29, 1.82) is 0 Å². The Hall–Kier alpha value is -3.10. The number of amides is 3. The van der Waals surface area contributed by atoms with Crippen LogP contribution in [0.2, 0.25) is 5.02 Å². The average molecular weight is 416 g/mol. The molecule has 0 radical (unpaired) electrons. The Kier molecular flexibility index (Phi) is 5.37. The van der Waals surface area contributed by atoms with E-state index in [2.05, 4.69) is 10.9 Å². The number of rotatable bonds is 4. The number of nitrogens with zero attached hydrogens (tertiary/aromatic N) is 1. The van der Waals surface area contributed by atoms with Crippen LogP contribution in [0, 0.1) is 0 Å². The van der Waals surface area contributed by atoms with Crippen LogP contribution in [0.5, 0.6) is 11.5 Å². The van der Waals surface area contributed by atoms with Gasteiger partial charge in [0, 0.05) is 17.0 Å². The SMILES string of the molecule is O=C(NNC1CC(=O)N(c2ccc(Cl)cc2)C1=O)c1ccc2c(c1)OCCCO2. The van der Waals surface area contributed by atoms with E-state index in [4.69, 9.17) is 21.1 Å². The van der Waals surface area contributed by atoms with E-state index in [1.807, 2.05) is 0 Å². The molecule has 2 aliphatic rings. The van der Waals surface area contributed by atoms with Crippen molar-refractivity contribution in [2.45, 2.75) is 18.9 Å². The van der Waals surface area contributed by atoms with E-state index in [0.29, 0.717) is 41.0 Å². The molecule has 0 aliphatic carbocycles. The molecule has 3 amide bonds. The lowest BCUT2D eigenvalue weighted by molar-refractivity contribution is -0.121. The van der Waals surface area contributed by atoms with Gasteiger partial charge >= 0.3 is 0 Å². The third-order valence-electron chi connectivity index (χ3n) is 4.60. The molecule has 8 nitrogen and oxygen atoms in total. The highest BCUT2D eigenvalue weighted by atomic mass is 35.5. The van der Waals surface area contributed by atoms with Crippen LogP contribution in [0.4, 0.5) is 5.69 Å². The van der Waals surface area contributed by atoms with Gasteiger partial charge in [-0.1, -0.05) is 11.6 Å². The van der Waals surface area contributed by atoms with Gasteiger partial charge in [-0.3, -0.25) is 19.8 Å². The first-order chi connectivity index (χ1) is 14.0. The molecule has 2 aromatic rings. The molecule has 1 unspecified atom stereocenters. The Morgan fingerprint density at radius 3 is 2.52 bits per heavy atom. The molecule has 0 bridgehead atoms. The van der Waals surface area contributed by atoms with Gasteiger partial charge in [-0.25, -0.2) is 10.3 Å².